The van der Waals surface area contributed by atoms with Crippen LogP contribution < -0.4 is 15.1 Å². The number of cyclic esters (lactones) is 1. The van der Waals surface area contributed by atoms with E-state index in [9.17, 15) is 19.2 Å². The molecule has 1 atom stereocenters. The molecule has 4 rings (SSSR count). The fraction of sp³-hybridized carbons (Fsp3) is 0.423. The number of nitrogens with zero attached hydrogens (tertiary/aromatic N) is 4. The van der Waals surface area contributed by atoms with Crippen LogP contribution in [0.1, 0.15) is 30.1 Å². The van der Waals surface area contributed by atoms with Crippen LogP contribution in [0.25, 0.3) is 0 Å². The van der Waals surface area contributed by atoms with E-state index in [0.29, 0.717) is 5.56 Å². The highest BCUT2D eigenvalue weighted by molar-refractivity contribution is 5.96. The molecule has 1 aromatic heterocycles. The van der Waals surface area contributed by atoms with Crippen molar-refractivity contribution in [3.8, 4) is 0 Å². The molecule has 0 bridgehead atoms. The number of ether oxygens (including phenoxy) is 2. The smallest absolute Gasteiger partial charge is 0.414 e. The second kappa shape index (κ2) is 12.5. The zero-order valence-electron chi connectivity index (χ0n) is 21.4. The highest BCUT2D eigenvalue weighted by Crippen LogP contribution is 2.32. The molecule has 13 heteroatoms. The molecule has 1 aromatic carbocycles. The number of pyridine rings is 1. The van der Waals surface area contributed by atoms with Gasteiger partial charge in [-0.15, -0.1) is 0 Å². The van der Waals surface area contributed by atoms with Crippen LogP contribution in [-0.4, -0.2) is 85.7 Å². The number of anilines is 2. The monoisotopic (exact) mass is 545 g/mol. The summed E-state index contributed by atoms with van der Waals surface area (Å²) in [6, 6.07) is 5.33. The quantitative estimate of drug-likeness (QED) is 0.476. The van der Waals surface area contributed by atoms with Gasteiger partial charge >= 0.3 is 12.1 Å². The first kappa shape index (κ1) is 27.7. The van der Waals surface area contributed by atoms with Crippen molar-refractivity contribution in [3.63, 3.8) is 0 Å². The molecule has 2 aromatic rings. The molecular formula is C26H29F2N5O6. The van der Waals surface area contributed by atoms with Crippen LogP contribution in [0.3, 0.4) is 0 Å². The summed E-state index contributed by atoms with van der Waals surface area (Å²) in [6.45, 7) is 2.55. The largest absolute Gasteiger partial charge is 0.466 e. The van der Waals surface area contributed by atoms with Crippen molar-refractivity contribution in [2.45, 2.75) is 25.9 Å². The molecule has 3 heterocycles. The topological polar surface area (TPSA) is 121 Å². The van der Waals surface area contributed by atoms with Gasteiger partial charge in [-0.3, -0.25) is 24.3 Å². The Balaban J connectivity index is 1.31. The molecule has 39 heavy (non-hydrogen) atoms. The van der Waals surface area contributed by atoms with E-state index >= 15 is 8.78 Å². The van der Waals surface area contributed by atoms with Crippen molar-refractivity contribution in [2.24, 2.45) is 0 Å². The Morgan fingerprint density at radius 2 is 1.87 bits per heavy atom. The third kappa shape index (κ3) is 6.78. The predicted molar refractivity (Wildman–Crippen MR) is 135 cm³/mol. The molecular weight excluding hydrogens is 516 g/mol. The Labute approximate surface area is 223 Å². The van der Waals surface area contributed by atoms with Crippen molar-refractivity contribution in [1.29, 1.82) is 0 Å². The van der Waals surface area contributed by atoms with E-state index in [4.69, 9.17) is 9.47 Å². The molecule has 11 nitrogen and oxygen atoms in total. The second-order valence-corrected chi connectivity index (χ2v) is 9.01. The van der Waals surface area contributed by atoms with Crippen LogP contribution in [0.15, 0.2) is 36.7 Å². The van der Waals surface area contributed by atoms with Crippen LogP contribution in [0.5, 0.6) is 0 Å². The van der Waals surface area contributed by atoms with E-state index in [0.717, 1.165) is 17.0 Å². The van der Waals surface area contributed by atoms with Gasteiger partial charge in [-0.05, 0) is 25.5 Å². The summed E-state index contributed by atoms with van der Waals surface area (Å²) in [7, 11) is 0. The van der Waals surface area contributed by atoms with Gasteiger partial charge in [0.05, 0.1) is 30.9 Å². The maximum Gasteiger partial charge on any atom is 0.414 e. The van der Waals surface area contributed by atoms with Crippen molar-refractivity contribution in [1.82, 2.24) is 15.2 Å². The van der Waals surface area contributed by atoms with Gasteiger partial charge in [0.25, 0.3) is 5.91 Å². The minimum absolute atomic E-state index is 0.00977. The van der Waals surface area contributed by atoms with Gasteiger partial charge in [0, 0.05) is 57.1 Å². The summed E-state index contributed by atoms with van der Waals surface area (Å²) in [5, 5.41) is 2.55. The number of piperazine rings is 1. The van der Waals surface area contributed by atoms with E-state index in [1.807, 2.05) is 0 Å². The number of nitrogens with one attached hydrogen (secondary N) is 1. The van der Waals surface area contributed by atoms with Crippen LogP contribution >= 0.6 is 0 Å². The number of esters is 1. The molecule has 0 saturated carbocycles. The maximum absolute atomic E-state index is 15.1. The van der Waals surface area contributed by atoms with E-state index in [-0.39, 0.29) is 76.0 Å². The first-order chi connectivity index (χ1) is 18.8. The van der Waals surface area contributed by atoms with Crippen molar-refractivity contribution >= 4 is 35.3 Å². The summed E-state index contributed by atoms with van der Waals surface area (Å²) < 4.78 is 40.3. The molecule has 2 saturated heterocycles. The van der Waals surface area contributed by atoms with Crippen molar-refractivity contribution in [2.75, 3.05) is 55.7 Å². The average Bonchev–Trinajstić information content (AvgIpc) is 3.31. The third-order valence-corrected chi connectivity index (χ3v) is 6.44. The third-order valence-electron chi connectivity index (χ3n) is 6.44. The lowest BCUT2D eigenvalue weighted by Crippen LogP contribution is -2.51. The Morgan fingerprint density at radius 1 is 1.15 bits per heavy atom. The van der Waals surface area contributed by atoms with Crippen LogP contribution in [0, 0.1) is 11.6 Å². The number of carbonyl (C=O) groups is 4. The SMILES string of the molecule is CCOC(=O)CC[C@@H]1CN(c2cc(F)c(N3CCN(C(=O)CNC(=O)c4cccnc4)CC3)c(F)c2)C(=O)O1. The number of hydrogen-bond acceptors (Lipinski definition) is 8. The first-order valence-electron chi connectivity index (χ1n) is 12.6. The molecule has 0 unspecified atom stereocenters. The molecule has 1 N–H and O–H groups in total. The Kier molecular flexibility index (Phi) is 8.89. The predicted octanol–water partition coefficient (Wildman–Crippen LogP) is 2.11. The number of hydrogen-bond donors (Lipinski definition) is 1. The number of carbonyl (C=O) groups excluding carboxylic acids is 4. The standard InChI is InChI=1S/C26H29F2N5O6/c1-2-38-23(35)6-5-19-16-33(26(37)39-19)18-12-20(27)24(21(28)13-18)32-10-8-31(9-11-32)22(34)15-30-25(36)17-4-3-7-29-14-17/h3-4,7,12-14,19H,2,5-6,8-11,15-16H2,1H3,(H,30,36)/t19-/m1/s1. The number of benzene rings is 1. The van der Waals surface area contributed by atoms with Crippen LogP contribution in [0.4, 0.5) is 25.0 Å². The molecule has 0 aliphatic carbocycles. The molecule has 0 radical (unpaired) electrons. The lowest BCUT2D eigenvalue weighted by atomic mass is 10.1. The van der Waals surface area contributed by atoms with Gasteiger partial charge in [-0.25, -0.2) is 13.6 Å². The van der Waals surface area contributed by atoms with E-state index in [1.165, 1.54) is 22.2 Å². The summed E-state index contributed by atoms with van der Waals surface area (Å²) in [4.78, 5) is 56.5. The number of halogens is 2. The molecule has 2 aliphatic rings. The van der Waals surface area contributed by atoms with Crippen LogP contribution in [-0.2, 0) is 19.1 Å². The highest BCUT2D eigenvalue weighted by atomic mass is 19.1. The Bertz CT molecular complexity index is 1200. The van der Waals surface area contributed by atoms with Crippen molar-refractivity contribution < 1.29 is 37.4 Å². The summed E-state index contributed by atoms with van der Waals surface area (Å²) >= 11 is 0. The fourth-order valence-corrected chi connectivity index (χ4v) is 4.45. The van der Waals surface area contributed by atoms with E-state index in [2.05, 4.69) is 10.3 Å². The number of aromatic nitrogens is 1. The zero-order chi connectivity index (χ0) is 27.9. The van der Waals surface area contributed by atoms with Gasteiger partial charge < -0.3 is 24.6 Å². The normalized spacial score (nSPS) is 17.2. The summed E-state index contributed by atoms with van der Waals surface area (Å²) in [5.74, 6) is -2.85. The van der Waals surface area contributed by atoms with Gasteiger partial charge in [-0.2, -0.15) is 0 Å². The average molecular weight is 546 g/mol. The summed E-state index contributed by atoms with van der Waals surface area (Å²) in [5.41, 5.74) is 0.0941. The van der Waals surface area contributed by atoms with Crippen molar-refractivity contribution in [3.05, 3.63) is 53.9 Å². The lowest BCUT2D eigenvalue weighted by Gasteiger charge is -2.36. The molecule has 2 aliphatic heterocycles. The highest BCUT2D eigenvalue weighted by Gasteiger charge is 2.34. The second-order valence-electron chi connectivity index (χ2n) is 9.01. The van der Waals surface area contributed by atoms with Gasteiger partial charge in [0.2, 0.25) is 5.91 Å². The molecule has 0 spiro atoms. The minimum atomic E-state index is -0.851. The zero-order valence-corrected chi connectivity index (χ0v) is 21.4. The van der Waals surface area contributed by atoms with Gasteiger partial charge in [0.1, 0.15) is 11.8 Å². The van der Waals surface area contributed by atoms with Gasteiger partial charge in [0.15, 0.2) is 11.6 Å². The van der Waals surface area contributed by atoms with E-state index in [1.54, 1.807) is 19.1 Å². The minimum Gasteiger partial charge on any atom is -0.466 e. The summed E-state index contributed by atoms with van der Waals surface area (Å²) in [6.07, 6.45) is 1.87. The molecule has 2 fully saturated rings. The maximum atomic E-state index is 15.1. The lowest BCUT2D eigenvalue weighted by molar-refractivity contribution is -0.143. The molecule has 3 amide bonds. The Morgan fingerprint density at radius 3 is 2.51 bits per heavy atom. The van der Waals surface area contributed by atoms with Gasteiger partial charge in [-0.1, -0.05) is 0 Å². The molecule has 208 valence electrons. The van der Waals surface area contributed by atoms with E-state index < -0.39 is 35.7 Å². The Hall–Kier alpha value is -4.29. The number of amides is 3. The van der Waals surface area contributed by atoms with Crippen LogP contribution in [0.2, 0.25) is 0 Å². The number of rotatable bonds is 9. The first-order valence-corrected chi connectivity index (χ1v) is 12.6. The fourth-order valence-electron chi connectivity index (χ4n) is 4.45.